The van der Waals surface area contributed by atoms with Crippen LogP contribution in [-0.2, 0) is 14.9 Å². The van der Waals surface area contributed by atoms with Crippen molar-refractivity contribution in [3.8, 4) is 0 Å². The lowest BCUT2D eigenvalue weighted by molar-refractivity contribution is -0.144. The molecule has 1 aromatic carbocycles. The highest BCUT2D eigenvalue weighted by molar-refractivity contribution is 6.30. The van der Waals surface area contributed by atoms with E-state index in [2.05, 4.69) is 10.3 Å². The number of carbonyl (C=O) groups is 2. The molecule has 0 aliphatic heterocycles. The van der Waals surface area contributed by atoms with Gasteiger partial charge in [0.2, 0.25) is 0 Å². The monoisotopic (exact) mass is 424 g/mol. The van der Waals surface area contributed by atoms with Crippen LogP contribution in [0.2, 0.25) is 10.0 Å². The van der Waals surface area contributed by atoms with E-state index >= 15 is 0 Å². The average Bonchev–Trinajstić information content (AvgIpc) is 2.59. The molecule has 0 fully saturated rings. The summed E-state index contributed by atoms with van der Waals surface area (Å²) in [5, 5.41) is 13.6. The lowest BCUT2D eigenvalue weighted by atomic mass is 9.74. The molecule has 2 unspecified atom stereocenters. The third kappa shape index (κ3) is 5.14. The summed E-state index contributed by atoms with van der Waals surface area (Å²) in [6.45, 7) is 6.67. The number of alkyl carbamates (subject to hydrolysis) is 1. The zero-order valence-corrected chi connectivity index (χ0v) is 17.5. The molecule has 0 spiro atoms. The van der Waals surface area contributed by atoms with Gasteiger partial charge in [0.05, 0.1) is 16.8 Å². The molecule has 0 saturated heterocycles. The van der Waals surface area contributed by atoms with Crippen LogP contribution in [0.1, 0.15) is 45.0 Å². The molecule has 0 aliphatic rings. The van der Waals surface area contributed by atoms with Crippen LogP contribution in [0.3, 0.4) is 0 Å². The van der Waals surface area contributed by atoms with Gasteiger partial charge >= 0.3 is 12.1 Å². The number of rotatable bonds is 5. The summed E-state index contributed by atoms with van der Waals surface area (Å²) in [4.78, 5) is 29.1. The van der Waals surface area contributed by atoms with Crippen molar-refractivity contribution in [2.45, 2.75) is 44.8 Å². The van der Waals surface area contributed by atoms with Crippen molar-refractivity contribution in [3.05, 3.63) is 63.9 Å². The maximum atomic E-state index is 12.5. The van der Waals surface area contributed by atoms with Gasteiger partial charge in [0.15, 0.2) is 0 Å². The number of hydrogen-bond acceptors (Lipinski definition) is 4. The molecule has 6 nitrogen and oxygen atoms in total. The Hall–Kier alpha value is -2.31. The molecule has 0 aliphatic carbocycles. The van der Waals surface area contributed by atoms with E-state index in [1.807, 2.05) is 0 Å². The number of carboxylic acids is 1. The Morgan fingerprint density at radius 3 is 2.07 bits per heavy atom. The molecular formula is C20H22Cl2N2O4. The fourth-order valence-corrected chi connectivity index (χ4v) is 2.94. The molecule has 2 aromatic rings. The standard InChI is InChI=1S/C20H22Cl2N2O4/c1-19(2,3)28-18(27)24-16(15-10-9-14(22)11-23-15)20(4,17(25)26)12-5-7-13(21)8-6-12/h5-11,16H,1-4H3,(H,24,27)(H,25,26). The SMILES string of the molecule is CC(C)(C)OC(=O)NC(c1ccc(Cl)cn1)C(C)(C(=O)O)c1ccc(Cl)cc1. The number of aromatic nitrogens is 1. The summed E-state index contributed by atoms with van der Waals surface area (Å²) in [5.74, 6) is -1.15. The third-order valence-electron chi connectivity index (χ3n) is 4.17. The Morgan fingerprint density at radius 1 is 1.04 bits per heavy atom. The van der Waals surface area contributed by atoms with Crippen molar-refractivity contribution in [3.63, 3.8) is 0 Å². The number of ether oxygens (including phenoxy) is 1. The fourth-order valence-electron chi connectivity index (χ4n) is 2.71. The van der Waals surface area contributed by atoms with Gasteiger partial charge in [-0.1, -0.05) is 35.3 Å². The first kappa shape index (κ1) is 22.0. The number of nitrogens with one attached hydrogen (secondary N) is 1. The van der Waals surface area contributed by atoms with Crippen molar-refractivity contribution < 1.29 is 19.4 Å². The zero-order chi connectivity index (χ0) is 21.1. The molecule has 0 saturated carbocycles. The fraction of sp³-hybridized carbons (Fsp3) is 0.350. The van der Waals surface area contributed by atoms with Crippen molar-refractivity contribution in [1.29, 1.82) is 0 Å². The van der Waals surface area contributed by atoms with E-state index in [1.54, 1.807) is 57.2 Å². The van der Waals surface area contributed by atoms with Crippen LogP contribution in [-0.4, -0.2) is 27.8 Å². The first-order valence-corrected chi connectivity index (χ1v) is 9.29. The van der Waals surface area contributed by atoms with E-state index in [4.69, 9.17) is 27.9 Å². The van der Waals surface area contributed by atoms with Gasteiger partial charge in [-0.05, 0) is 57.5 Å². The summed E-state index contributed by atoms with van der Waals surface area (Å²) in [6, 6.07) is 8.53. The molecule has 2 N–H and O–H groups in total. The van der Waals surface area contributed by atoms with Crippen LogP contribution < -0.4 is 5.32 Å². The topological polar surface area (TPSA) is 88.5 Å². The second-order valence-electron chi connectivity index (χ2n) is 7.49. The van der Waals surface area contributed by atoms with Crippen LogP contribution in [0.15, 0.2) is 42.6 Å². The van der Waals surface area contributed by atoms with E-state index in [0.29, 0.717) is 21.3 Å². The summed E-state index contributed by atoms with van der Waals surface area (Å²) >= 11 is 11.9. The summed E-state index contributed by atoms with van der Waals surface area (Å²) in [5.41, 5.74) is -1.53. The lowest BCUT2D eigenvalue weighted by Crippen LogP contribution is -2.48. The molecule has 0 bridgehead atoms. The normalized spacial score (nSPS) is 14.6. The van der Waals surface area contributed by atoms with Crippen LogP contribution >= 0.6 is 23.2 Å². The van der Waals surface area contributed by atoms with Gasteiger partial charge in [0.1, 0.15) is 11.0 Å². The van der Waals surface area contributed by atoms with Crippen LogP contribution in [0.4, 0.5) is 4.79 Å². The highest BCUT2D eigenvalue weighted by Crippen LogP contribution is 2.38. The number of aliphatic carboxylic acids is 1. The molecular weight excluding hydrogens is 403 g/mol. The van der Waals surface area contributed by atoms with Crippen molar-refractivity contribution >= 4 is 35.3 Å². The Balaban J connectivity index is 2.56. The number of nitrogens with zero attached hydrogens (tertiary/aromatic N) is 1. The molecule has 150 valence electrons. The van der Waals surface area contributed by atoms with Gasteiger partial charge < -0.3 is 15.2 Å². The number of amides is 1. The minimum atomic E-state index is -1.55. The number of hydrogen-bond donors (Lipinski definition) is 2. The summed E-state index contributed by atoms with van der Waals surface area (Å²) in [6.07, 6.45) is 0.640. The van der Waals surface area contributed by atoms with Gasteiger partial charge in [-0.25, -0.2) is 4.79 Å². The second kappa shape index (κ2) is 8.37. The first-order chi connectivity index (χ1) is 12.9. The highest BCUT2D eigenvalue weighted by Gasteiger charge is 2.46. The predicted octanol–water partition coefficient (Wildman–Crippen LogP) is 5.00. The first-order valence-electron chi connectivity index (χ1n) is 8.54. The number of pyridine rings is 1. The largest absolute Gasteiger partial charge is 0.481 e. The molecule has 1 amide bonds. The van der Waals surface area contributed by atoms with Gasteiger partial charge in [0.25, 0.3) is 0 Å². The molecule has 1 aromatic heterocycles. The number of benzene rings is 1. The second-order valence-corrected chi connectivity index (χ2v) is 8.37. The Kier molecular flexibility index (Phi) is 6.57. The van der Waals surface area contributed by atoms with Gasteiger partial charge in [-0.3, -0.25) is 9.78 Å². The maximum absolute atomic E-state index is 12.5. The Morgan fingerprint density at radius 2 is 1.61 bits per heavy atom. The Bertz CT molecular complexity index is 848. The smallest absolute Gasteiger partial charge is 0.408 e. The average molecular weight is 425 g/mol. The van der Waals surface area contributed by atoms with E-state index in [0.717, 1.165) is 0 Å². The third-order valence-corrected chi connectivity index (χ3v) is 4.65. The molecule has 2 atom stereocenters. The van der Waals surface area contributed by atoms with Gasteiger partial charge in [-0.2, -0.15) is 0 Å². The molecule has 2 rings (SSSR count). The van der Waals surface area contributed by atoms with E-state index < -0.39 is 29.1 Å². The van der Waals surface area contributed by atoms with Crippen molar-refractivity contribution in [1.82, 2.24) is 10.3 Å². The van der Waals surface area contributed by atoms with Gasteiger partial charge in [-0.15, -0.1) is 0 Å². The van der Waals surface area contributed by atoms with Crippen LogP contribution in [0.25, 0.3) is 0 Å². The van der Waals surface area contributed by atoms with Crippen molar-refractivity contribution in [2.24, 2.45) is 0 Å². The molecule has 0 radical (unpaired) electrons. The number of halogens is 2. The minimum absolute atomic E-state index is 0.329. The molecule has 8 heteroatoms. The predicted molar refractivity (Wildman–Crippen MR) is 108 cm³/mol. The Labute approximate surface area is 173 Å². The minimum Gasteiger partial charge on any atom is -0.481 e. The number of carbonyl (C=O) groups excluding carboxylic acids is 1. The highest BCUT2D eigenvalue weighted by atomic mass is 35.5. The van der Waals surface area contributed by atoms with Crippen molar-refractivity contribution in [2.75, 3.05) is 0 Å². The van der Waals surface area contributed by atoms with Crippen LogP contribution in [0.5, 0.6) is 0 Å². The number of carboxylic acid groups (broad SMARTS) is 1. The summed E-state index contributed by atoms with van der Waals surface area (Å²) < 4.78 is 5.33. The quantitative estimate of drug-likeness (QED) is 0.704. The summed E-state index contributed by atoms with van der Waals surface area (Å²) in [7, 11) is 0. The molecule has 1 heterocycles. The van der Waals surface area contributed by atoms with E-state index in [-0.39, 0.29) is 0 Å². The van der Waals surface area contributed by atoms with E-state index in [1.165, 1.54) is 13.1 Å². The van der Waals surface area contributed by atoms with Crippen LogP contribution in [0, 0.1) is 0 Å². The molecule has 28 heavy (non-hydrogen) atoms. The van der Waals surface area contributed by atoms with E-state index in [9.17, 15) is 14.7 Å². The zero-order valence-electron chi connectivity index (χ0n) is 16.0. The lowest BCUT2D eigenvalue weighted by Gasteiger charge is -2.35. The van der Waals surface area contributed by atoms with Gasteiger partial charge in [0, 0.05) is 11.2 Å². The maximum Gasteiger partial charge on any atom is 0.408 e.